The summed E-state index contributed by atoms with van der Waals surface area (Å²) in [6.07, 6.45) is 7.85. The number of halogens is 3. The van der Waals surface area contributed by atoms with Gasteiger partial charge in [0.1, 0.15) is 17.3 Å². The van der Waals surface area contributed by atoms with Crippen molar-refractivity contribution < 1.29 is 23.1 Å². The minimum absolute atomic E-state index is 0.0658. The van der Waals surface area contributed by atoms with Gasteiger partial charge < -0.3 is 15.0 Å². The van der Waals surface area contributed by atoms with Gasteiger partial charge in [-0.15, -0.1) is 0 Å². The number of hydrogen-bond acceptors (Lipinski definition) is 4. The molecule has 0 bridgehead atoms. The number of fused-ring (bicyclic) bond motifs is 1. The van der Waals surface area contributed by atoms with Crippen LogP contribution in [0.1, 0.15) is 45.4 Å². The van der Waals surface area contributed by atoms with Gasteiger partial charge in [0, 0.05) is 67.0 Å². The lowest BCUT2D eigenvalue weighted by Gasteiger charge is -2.49. The number of aliphatic carboxylic acids is 1. The van der Waals surface area contributed by atoms with Gasteiger partial charge in [0.15, 0.2) is 0 Å². The van der Waals surface area contributed by atoms with Gasteiger partial charge in [-0.2, -0.15) is 0 Å². The van der Waals surface area contributed by atoms with Crippen LogP contribution in [0.25, 0.3) is 12.2 Å². The van der Waals surface area contributed by atoms with E-state index in [4.69, 9.17) is 5.11 Å². The van der Waals surface area contributed by atoms with Crippen molar-refractivity contribution in [3.8, 4) is 0 Å². The van der Waals surface area contributed by atoms with E-state index in [0.717, 1.165) is 57.0 Å². The van der Waals surface area contributed by atoms with Crippen LogP contribution in [0.3, 0.4) is 0 Å². The number of nitrogens with one attached hydrogen (secondary N) is 1. The molecular formula is C31H41F3N4O2. The van der Waals surface area contributed by atoms with E-state index in [1.54, 1.807) is 19.9 Å². The molecule has 2 saturated heterocycles. The molecule has 218 valence electrons. The number of H-pyrrole nitrogens is 1. The lowest BCUT2D eigenvalue weighted by molar-refractivity contribution is -0.138. The Hall–Kier alpha value is -3.04. The molecule has 0 radical (unpaired) electrons. The van der Waals surface area contributed by atoms with Crippen molar-refractivity contribution in [1.82, 2.24) is 14.8 Å². The number of alkyl halides is 1. The van der Waals surface area contributed by atoms with Gasteiger partial charge in [0.05, 0.1) is 6.54 Å². The first-order valence-corrected chi connectivity index (χ1v) is 13.9. The van der Waals surface area contributed by atoms with Crippen LogP contribution >= 0.6 is 0 Å². The Labute approximate surface area is 234 Å². The average Bonchev–Trinajstić information content (AvgIpc) is 3.38. The van der Waals surface area contributed by atoms with Crippen LogP contribution in [0.15, 0.2) is 30.9 Å². The SMILES string of the molecule is C=C/C=c1/[nH]c2c(/c1=C/C)CC(C)N(CC(C)(C)F)C2.O=C(O)CN1CCC2(C1)CN(c1cc(F)cc(F)c1)C2. The van der Waals surface area contributed by atoms with E-state index in [1.807, 2.05) is 15.9 Å². The molecule has 0 saturated carbocycles. The number of carboxylic acids is 1. The molecule has 1 aromatic carbocycles. The number of hydrogen-bond donors (Lipinski definition) is 2. The predicted octanol–water partition coefficient (Wildman–Crippen LogP) is 3.84. The Morgan fingerprint density at radius 3 is 2.48 bits per heavy atom. The molecule has 2 fully saturated rings. The van der Waals surface area contributed by atoms with Crippen LogP contribution in [0.2, 0.25) is 0 Å². The molecule has 6 nitrogen and oxygen atoms in total. The maximum absolute atomic E-state index is 13.9. The highest BCUT2D eigenvalue weighted by Crippen LogP contribution is 2.41. The number of carbonyl (C=O) groups is 1. The molecule has 1 aromatic heterocycles. The van der Waals surface area contributed by atoms with Gasteiger partial charge in [-0.1, -0.05) is 18.7 Å². The van der Waals surface area contributed by atoms with Crippen molar-refractivity contribution in [3.05, 3.63) is 64.3 Å². The van der Waals surface area contributed by atoms with E-state index in [-0.39, 0.29) is 12.0 Å². The number of carboxylic acid groups (broad SMARTS) is 1. The largest absolute Gasteiger partial charge is 0.480 e. The molecule has 4 heterocycles. The maximum Gasteiger partial charge on any atom is 0.317 e. The third-order valence-electron chi connectivity index (χ3n) is 8.04. The van der Waals surface area contributed by atoms with Crippen LogP contribution in [0, 0.1) is 17.0 Å². The van der Waals surface area contributed by atoms with Gasteiger partial charge in [-0.25, -0.2) is 13.2 Å². The fraction of sp³-hybridized carbons (Fsp3) is 0.516. The van der Waals surface area contributed by atoms with E-state index >= 15 is 0 Å². The Balaban J connectivity index is 0.000000185. The summed E-state index contributed by atoms with van der Waals surface area (Å²) in [6, 6.07) is 3.90. The van der Waals surface area contributed by atoms with Gasteiger partial charge in [-0.05, 0) is 76.1 Å². The molecule has 1 spiro atoms. The number of nitrogens with zero attached hydrogens (tertiary/aromatic N) is 3. The van der Waals surface area contributed by atoms with E-state index in [9.17, 15) is 18.0 Å². The van der Waals surface area contributed by atoms with Crippen LogP contribution in [-0.4, -0.2) is 76.8 Å². The van der Waals surface area contributed by atoms with Gasteiger partial charge >= 0.3 is 5.97 Å². The zero-order chi connectivity index (χ0) is 29.2. The van der Waals surface area contributed by atoms with Crippen molar-refractivity contribution in [2.24, 2.45) is 5.41 Å². The highest BCUT2D eigenvalue weighted by Gasteiger charge is 2.48. The lowest BCUT2D eigenvalue weighted by atomic mass is 9.78. The number of benzene rings is 1. The number of allylic oxidation sites excluding steroid dienone is 1. The molecule has 3 aliphatic heterocycles. The van der Waals surface area contributed by atoms with Crippen LogP contribution < -0.4 is 15.5 Å². The topological polar surface area (TPSA) is 62.8 Å². The van der Waals surface area contributed by atoms with Crippen molar-refractivity contribution in [2.45, 2.75) is 58.8 Å². The smallest absolute Gasteiger partial charge is 0.317 e. The highest BCUT2D eigenvalue weighted by molar-refractivity contribution is 5.69. The second-order valence-electron chi connectivity index (χ2n) is 12.1. The number of rotatable bonds is 6. The molecule has 0 aliphatic carbocycles. The third kappa shape index (κ3) is 6.99. The summed E-state index contributed by atoms with van der Waals surface area (Å²) in [4.78, 5) is 20.2. The maximum atomic E-state index is 13.9. The summed E-state index contributed by atoms with van der Waals surface area (Å²) >= 11 is 0. The molecule has 2 N–H and O–H groups in total. The summed E-state index contributed by atoms with van der Waals surface area (Å²) in [5.74, 6) is -1.95. The van der Waals surface area contributed by atoms with Crippen molar-refractivity contribution >= 4 is 23.8 Å². The zero-order valence-electron chi connectivity index (χ0n) is 23.9. The number of anilines is 1. The number of aromatic nitrogens is 1. The molecule has 1 atom stereocenters. The molecule has 1 unspecified atom stereocenters. The number of likely N-dealkylation sites (tertiary alicyclic amines) is 1. The Bertz CT molecular complexity index is 1340. The Morgan fingerprint density at radius 1 is 1.23 bits per heavy atom. The van der Waals surface area contributed by atoms with E-state index in [1.165, 1.54) is 28.6 Å². The first kappa shape index (κ1) is 29.9. The van der Waals surface area contributed by atoms with Crippen LogP contribution in [-0.2, 0) is 17.8 Å². The molecule has 0 amide bonds. The molecule has 9 heteroatoms. The third-order valence-corrected chi connectivity index (χ3v) is 8.04. The predicted molar refractivity (Wildman–Crippen MR) is 153 cm³/mol. The zero-order valence-corrected chi connectivity index (χ0v) is 23.9. The van der Waals surface area contributed by atoms with E-state index in [0.29, 0.717) is 18.3 Å². The van der Waals surface area contributed by atoms with Crippen molar-refractivity contribution in [1.29, 1.82) is 0 Å². The van der Waals surface area contributed by atoms with Crippen LogP contribution in [0.5, 0.6) is 0 Å². The summed E-state index contributed by atoms with van der Waals surface area (Å²) in [7, 11) is 0. The van der Waals surface area contributed by atoms with Crippen LogP contribution in [0.4, 0.5) is 18.9 Å². The molecular weight excluding hydrogens is 517 g/mol. The second kappa shape index (κ2) is 11.8. The first-order valence-electron chi connectivity index (χ1n) is 13.9. The minimum atomic E-state index is -1.16. The fourth-order valence-electron chi connectivity index (χ4n) is 6.34. The molecule has 3 aliphatic rings. The fourth-order valence-corrected chi connectivity index (χ4v) is 6.34. The Kier molecular flexibility index (Phi) is 8.85. The lowest BCUT2D eigenvalue weighted by Crippen LogP contribution is -2.58. The standard InChI is InChI=1S/C17H25FN2.C14H16F2N2O2/c1-6-8-15-13(7-2)14-9-12(3)20(10-16(14)19-15)11-17(4,5)18;15-10-3-11(16)5-12(4-10)18-8-14(9-18)1-2-17(7-14)6-13(19)20/h6-8,12,19H,1,9-11H2,2-5H3;3-5H,1-2,6-9H2,(H,19,20)/b13-7-,15-8+;. The monoisotopic (exact) mass is 558 g/mol. The van der Waals surface area contributed by atoms with Gasteiger partial charge in [0.25, 0.3) is 0 Å². The average molecular weight is 559 g/mol. The first-order chi connectivity index (χ1) is 18.8. The number of aromatic amines is 1. The van der Waals surface area contributed by atoms with E-state index in [2.05, 4.69) is 36.4 Å². The summed E-state index contributed by atoms with van der Waals surface area (Å²) < 4.78 is 40.3. The normalized spacial score (nSPS) is 21.7. The van der Waals surface area contributed by atoms with Gasteiger partial charge in [-0.3, -0.25) is 14.6 Å². The van der Waals surface area contributed by atoms with Gasteiger partial charge in [0.2, 0.25) is 0 Å². The quantitative estimate of drug-likeness (QED) is 0.565. The summed E-state index contributed by atoms with van der Waals surface area (Å²) in [5.41, 5.74) is 2.08. The second-order valence-corrected chi connectivity index (χ2v) is 12.1. The Morgan fingerprint density at radius 2 is 1.90 bits per heavy atom. The molecule has 40 heavy (non-hydrogen) atoms. The van der Waals surface area contributed by atoms with Crippen molar-refractivity contribution in [2.75, 3.05) is 44.2 Å². The van der Waals surface area contributed by atoms with E-state index < -0.39 is 23.3 Å². The molecule has 2 aromatic rings. The summed E-state index contributed by atoms with van der Waals surface area (Å²) in [5, 5.41) is 11.2. The highest BCUT2D eigenvalue weighted by atomic mass is 19.1. The minimum Gasteiger partial charge on any atom is -0.480 e. The molecule has 5 rings (SSSR count). The van der Waals surface area contributed by atoms with Crippen molar-refractivity contribution in [3.63, 3.8) is 0 Å². The summed E-state index contributed by atoms with van der Waals surface area (Å²) in [6.45, 7) is 15.6.